The highest BCUT2D eigenvalue weighted by Crippen LogP contribution is 2.56. The molecule has 0 aromatic carbocycles. The second-order valence-corrected chi connectivity index (χ2v) is 14.3. The van der Waals surface area contributed by atoms with Gasteiger partial charge in [-0.1, -0.05) is 13.8 Å². The van der Waals surface area contributed by atoms with Crippen LogP contribution in [0.2, 0.25) is 0 Å². The van der Waals surface area contributed by atoms with E-state index in [1.165, 1.54) is 0 Å². The van der Waals surface area contributed by atoms with Gasteiger partial charge in [-0.25, -0.2) is 0 Å². The molecule has 5 heteroatoms. The number of hydrogen-bond donors (Lipinski definition) is 3. The van der Waals surface area contributed by atoms with Gasteiger partial charge in [0.25, 0.3) is 0 Å². The van der Waals surface area contributed by atoms with Crippen LogP contribution in [-0.4, -0.2) is 16.4 Å². The Kier molecular flexibility index (Phi) is 6.76. The molecule has 0 rings (SSSR count). The molecule has 0 spiro atoms. The molecule has 0 fully saturated rings. The Hall–Kier alpha value is 1.44. The van der Waals surface area contributed by atoms with Gasteiger partial charge in [0.05, 0.1) is 0 Å². The predicted molar refractivity (Wildman–Crippen MR) is 64.8 cm³/mol. The van der Waals surface area contributed by atoms with Crippen LogP contribution in [0.3, 0.4) is 0 Å². The molecule has 0 aliphatic heterocycles. The van der Waals surface area contributed by atoms with Crippen LogP contribution in [0.15, 0.2) is 0 Å². The van der Waals surface area contributed by atoms with E-state index in [9.17, 15) is 4.89 Å². The zero-order valence-corrected chi connectivity index (χ0v) is 10.5. The molecule has 1 nitrogen and oxygen atoms in total. The molecule has 0 aliphatic carbocycles. The van der Waals surface area contributed by atoms with E-state index in [1.807, 2.05) is 0 Å². The lowest BCUT2D eigenvalue weighted by molar-refractivity contribution is 0.654. The molecule has 0 aliphatic rings. The SMILES string of the molecule is CCCS(CCC)=P(O)(S)S. The van der Waals surface area contributed by atoms with Crippen LogP contribution >= 0.6 is 29.2 Å². The van der Waals surface area contributed by atoms with E-state index >= 15 is 0 Å². The lowest BCUT2D eigenvalue weighted by Gasteiger charge is -2.14. The average molecular weight is 232 g/mol. The topological polar surface area (TPSA) is 20.2 Å². The van der Waals surface area contributed by atoms with Crippen LogP contribution in [0.25, 0.3) is 0 Å². The first-order valence-corrected chi connectivity index (χ1v) is 9.99. The number of thiol groups is 2. The van der Waals surface area contributed by atoms with E-state index in [-0.39, 0.29) is 10.1 Å². The summed E-state index contributed by atoms with van der Waals surface area (Å²) < 4.78 is -2.14. The van der Waals surface area contributed by atoms with Crippen LogP contribution in [0.1, 0.15) is 26.7 Å². The summed E-state index contributed by atoms with van der Waals surface area (Å²) in [5, 5.41) is 0. The van der Waals surface area contributed by atoms with Gasteiger partial charge in [0.15, 0.2) is 0 Å². The third kappa shape index (κ3) is 5.64. The minimum absolute atomic E-state index is 0.0532. The maximum absolute atomic E-state index is 9.59. The van der Waals surface area contributed by atoms with E-state index in [0.717, 1.165) is 24.3 Å². The summed E-state index contributed by atoms with van der Waals surface area (Å²) >= 11 is 8.32. The Morgan fingerprint density at radius 1 is 1.18 bits per heavy atom. The Morgan fingerprint density at radius 3 is 1.73 bits per heavy atom. The van der Waals surface area contributed by atoms with Crippen LogP contribution in [0.4, 0.5) is 0 Å². The second-order valence-electron chi connectivity index (χ2n) is 2.38. The van der Waals surface area contributed by atoms with Gasteiger partial charge < -0.3 is 4.89 Å². The molecule has 11 heavy (non-hydrogen) atoms. The Morgan fingerprint density at radius 2 is 1.55 bits per heavy atom. The summed E-state index contributed by atoms with van der Waals surface area (Å²) in [5.74, 6) is 2.15. The maximum atomic E-state index is 9.59. The summed E-state index contributed by atoms with van der Waals surface area (Å²) in [5.41, 5.74) is 0. The van der Waals surface area contributed by atoms with Crippen molar-refractivity contribution in [2.24, 2.45) is 0 Å². The average Bonchev–Trinajstić information content (AvgIpc) is 1.85. The van der Waals surface area contributed by atoms with E-state index in [0.29, 0.717) is 0 Å². The minimum atomic E-state index is -2.14. The largest absolute Gasteiger partial charge is 0.354 e. The molecule has 0 saturated heterocycles. The van der Waals surface area contributed by atoms with Gasteiger partial charge >= 0.3 is 0 Å². The molecular formula is C6H17OPS3. The van der Waals surface area contributed by atoms with Gasteiger partial charge in [0, 0.05) is 0 Å². The molecular weight excluding hydrogens is 215 g/mol. The first kappa shape index (κ1) is 12.4. The molecule has 0 amide bonds. The summed E-state index contributed by atoms with van der Waals surface area (Å²) in [7, 11) is 0.0532. The van der Waals surface area contributed by atoms with Crippen molar-refractivity contribution in [3.8, 4) is 0 Å². The molecule has 0 aromatic heterocycles. The quantitative estimate of drug-likeness (QED) is 0.503. The standard InChI is InChI=1S/C6H17OPS3/c1-3-5-11(6-4-2)8(7,9)10/h7,9-10H,3-6H2,1-2H3. The second kappa shape index (κ2) is 5.98. The van der Waals surface area contributed by atoms with Crippen LogP contribution in [-0.2, 0) is 10.1 Å². The van der Waals surface area contributed by atoms with Gasteiger partial charge in [0.2, 0.25) is 0 Å². The van der Waals surface area contributed by atoms with Crippen molar-refractivity contribution in [2.75, 3.05) is 11.5 Å². The first-order chi connectivity index (χ1) is 5.02. The van der Waals surface area contributed by atoms with E-state index in [1.54, 1.807) is 0 Å². The van der Waals surface area contributed by atoms with Crippen molar-refractivity contribution in [1.29, 1.82) is 0 Å². The van der Waals surface area contributed by atoms with Crippen molar-refractivity contribution in [3.05, 3.63) is 0 Å². The van der Waals surface area contributed by atoms with Gasteiger partial charge in [-0.2, -0.15) is 0 Å². The molecule has 0 aromatic rings. The van der Waals surface area contributed by atoms with Crippen molar-refractivity contribution in [1.82, 2.24) is 0 Å². The molecule has 0 bridgehead atoms. The third-order valence-electron chi connectivity index (χ3n) is 1.23. The highest BCUT2D eigenvalue weighted by Gasteiger charge is 2.07. The molecule has 70 valence electrons. The van der Waals surface area contributed by atoms with Crippen LogP contribution in [0.5, 0.6) is 0 Å². The lowest BCUT2D eigenvalue weighted by Crippen LogP contribution is -2.00. The Bertz CT molecular complexity index is 147. The summed E-state index contributed by atoms with van der Waals surface area (Å²) in [4.78, 5) is 9.59. The molecule has 1 N–H and O–H groups in total. The Balaban J connectivity index is 4.32. The van der Waals surface area contributed by atoms with E-state index in [4.69, 9.17) is 0 Å². The van der Waals surface area contributed by atoms with E-state index < -0.39 is 4.67 Å². The van der Waals surface area contributed by atoms with Gasteiger partial charge in [0.1, 0.15) is 4.67 Å². The highest BCUT2D eigenvalue weighted by molar-refractivity contribution is 8.94. The fraction of sp³-hybridized carbons (Fsp3) is 1.00. The van der Waals surface area contributed by atoms with E-state index in [2.05, 4.69) is 38.3 Å². The predicted octanol–water partition coefficient (Wildman–Crippen LogP) is 2.95. The number of hydrogen-bond acceptors (Lipinski definition) is 0. The third-order valence-corrected chi connectivity index (χ3v) is 11.0. The fourth-order valence-corrected chi connectivity index (χ4v) is 7.96. The van der Waals surface area contributed by atoms with Crippen LogP contribution in [0, 0.1) is 0 Å². The zero-order valence-electron chi connectivity index (χ0n) is 7.03. The minimum Gasteiger partial charge on any atom is -0.354 e. The van der Waals surface area contributed by atoms with Crippen molar-refractivity contribution in [2.45, 2.75) is 26.7 Å². The normalized spacial score (nSPS) is 12.5. The Labute approximate surface area is 82.3 Å². The molecule has 0 heterocycles. The van der Waals surface area contributed by atoms with Gasteiger partial charge in [-0.15, -0.1) is 34.6 Å². The molecule has 0 atom stereocenters. The monoisotopic (exact) mass is 232 g/mol. The summed E-state index contributed by atoms with van der Waals surface area (Å²) in [6.07, 6.45) is 2.24. The smallest absolute Gasteiger partial charge is 0.127 e. The summed E-state index contributed by atoms with van der Waals surface area (Å²) in [6, 6.07) is 0. The first-order valence-electron chi connectivity index (χ1n) is 3.77. The maximum Gasteiger partial charge on any atom is 0.127 e. The van der Waals surface area contributed by atoms with Gasteiger partial charge in [-0.3, -0.25) is 0 Å². The molecule has 0 saturated carbocycles. The van der Waals surface area contributed by atoms with Gasteiger partial charge in [-0.05, 0) is 24.3 Å². The fourth-order valence-electron chi connectivity index (χ4n) is 0.818. The molecule has 0 unspecified atom stereocenters. The van der Waals surface area contributed by atoms with Crippen molar-refractivity contribution in [3.63, 3.8) is 0 Å². The van der Waals surface area contributed by atoms with Crippen molar-refractivity contribution < 1.29 is 4.89 Å². The number of rotatable bonds is 4. The van der Waals surface area contributed by atoms with Crippen molar-refractivity contribution >= 4 is 39.2 Å². The zero-order chi connectivity index (χ0) is 8.91. The lowest BCUT2D eigenvalue weighted by atomic mass is 10.6. The van der Waals surface area contributed by atoms with Crippen LogP contribution < -0.4 is 0 Å². The molecule has 0 radical (unpaired) electrons. The highest BCUT2D eigenvalue weighted by atomic mass is 33.2. The summed E-state index contributed by atoms with van der Waals surface area (Å²) in [6.45, 7) is 4.26.